The molecule has 0 saturated heterocycles. The van der Waals surface area contributed by atoms with Gasteiger partial charge < -0.3 is 24.4 Å². The summed E-state index contributed by atoms with van der Waals surface area (Å²) in [6.45, 7) is 3.51. The van der Waals surface area contributed by atoms with Gasteiger partial charge in [-0.25, -0.2) is 0 Å². The molecule has 0 N–H and O–H groups in total. The van der Waals surface area contributed by atoms with Gasteiger partial charge in [-0.15, -0.1) is 0 Å². The highest BCUT2D eigenvalue weighted by Crippen LogP contribution is 2.10. The summed E-state index contributed by atoms with van der Waals surface area (Å²) in [5.74, 6) is -1.63. The Morgan fingerprint density at radius 2 is 1.86 bits per heavy atom. The van der Waals surface area contributed by atoms with Gasteiger partial charge in [-0.2, -0.15) is 0 Å². The number of imidazole rings is 1. The standard InChI is InChI=1S/C11H15N3O7/c1-7-4-13(11(12-7)14(17)18)21-10(5-19-8(2)15)6-20-9(3)16/h4,10H,5-6H2,1-3H3. The number of nitrogens with zero attached hydrogens (tertiary/aromatic N) is 3. The third-order valence-electron chi connectivity index (χ3n) is 2.15. The molecule has 21 heavy (non-hydrogen) atoms. The van der Waals surface area contributed by atoms with Crippen molar-refractivity contribution in [1.29, 1.82) is 0 Å². The van der Waals surface area contributed by atoms with E-state index in [-0.39, 0.29) is 13.2 Å². The number of aryl methyl sites for hydroxylation is 1. The van der Waals surface area contributed by atoms with E-state index < -0.39 is 28.9 Å². The predicted octanol–water partition coefficient (Wildman–Crippen LogP) is 0.0231. The number of carbonyl (C=O) groups is 2. The van der Waals surface area contributed by atoms with E-state index in [2.05, 4.69) is 4.98 Å². The second kappa shape index (κ2) is 7.22. The summed E-state index contributed by atoms with van der Waals surface area (Å²) in [6, 6.07) is 0. The number of hydrogen-bond acceptors (Lipinski definition) is 8. The fraction of sp³-hybridized carbons (Fsp3) is 0.545. The maximum absolute atomic E-state index is 10.8. The number of carbonyl (C=O) groups excluding carboxylic acids is 2. The Balaban J connectivity index is 2.81. The van der Waals surface area contributed by atoms with Crippen molar-refractivity contribution in [3.63, 3.8) is 0 Å². The monoisotopic (exact) mass is 301 g/mol. The van der Waals surface area contributed by atoms with Crippen molar-refractivity contribution in [3.8, 4) is 0 Å². The zero-order valence-corrected chi connectivity index (χ0v) is 11.8. The Bertz CT molecular complexity index is 522. The Hall–Kier alpha value is -2.65. The van der Waals surface area contributed by atoms with Gasteiger partial charge in [0.25, 0.3) is 0 Å². The number of aromatic nitrogens is 2. The zero-order chi connectivity index (χ0) is 16.0. The van der Waals surface area contributed by atoms with Gasteiger partial charge in [-0.3, -0.25) is 9.59 Å². The highest BCUT2D eigenvalue weighted by atomic mass is 16.7. The normalized spacial score (nSPS) is 10.3. The van der Waals surface area contributed by atoms with E-state index in [1.54, 1.807) is 6.92 Å². The number of hydrogen-bond donors (Lipinski definition) is 0. The summed E-state index contributed by atoms with van der Waals surface area (Å²) < 4.78 is 10.4. The Morgan fingerprint density at radius 1 is 1.33 bits per heavy atom. The van der Waals surface area contributed by atoms with Crippen molar-refractivity contribution >= 4 is 17.9 Å². The molecule has 0 aliphatic carbocycles. The molecule has 0 saturated carbocycles. The van der Waals surface area contributed by atoms with Crippen LogP contribution in [0.1, 0.15) is 19.5 Å². The molecule has 0 aliphatic heterocycles. The first kappa shape index (κ1) is 16.4. The molecule has 1 aromatic rings. The van der Waals surface area contributed by atoms with Crippen LogP contribution >= 0.6 is 0 Å². The first-order valence-corrected chi connectivity index (χ1v) is 5.94. The minimum absolute atomic E-state index is 0.225. The maximum atomic E-state index is 10.8. The van der Waals surface area contributed by atoms with Crippen LogP contribution in [0.25, 0.3) is 0 Å². The predicted molar refractivity (Wildman–Crippen MR) is 67.3 cm³/mol. The van der Waals surface area contributed by atoms with E-state index in [1.807, 2.05) is 0 Å². The molecule has 10 heteroatoms. The van der Waals surface area contributed by atoms with Crippen LogP contribution in [0.4, 0.5) is 5.95 Å². The van der Waals surface area contributed by atoms with Gasteiger partial charge in [0.15, 0.2) is 5.69 Å². The summed E-state index contributed by atoms with van der Waals surface area (Å²) in [7, 11) is 0. The van der Waals surface area contributed by atoms with Crippen LogP contribution in [0, 0.1) is 17.0 Å². The minimum atomic E-state index is -0.898. The molecule has 0 aromatic carbocycles. The van der Waals surface area contributed by atoms with Crippen LogP contribution in [-0.2, 0) is 19.1 Å². The molecule has 0 atom stereocenters. The van der Waals surface area contributed by atoms with Crippen LogP contribution in [0.5, 0.6) is 0 Å². The highest BCUT2D eigenvalue weighted by molar-refractivity contribution is 5.66. The van der Waals surface area contributed by atoms with E-state index in [4.69, 9.17) is 14.3 Å². The van der Waals surface area contributed by atoms with Gasteiger partial charge in [-0.05, 0) is 11.8 Å². The zero-order valence-electron chi connectivity index (χ0n) is 11.8. The Labute approximate surface area is 119 Å². The third-order valence-corrected chi connectivity index (χ3v) is 2.15. The topological polar surface area (TPSA) is 123 Å². The molecule has 1 heterocycles. The molecule has 1 aromatic heterocycles. The third kappa shape index (κ3) is 5.47. The van der Waals surface area contributed by atoms with Gasteiger partial charge in [0, 0.05) is 13.8 Å². The van der Waals surface area contributed by atoms with Gasteiger partial charge in [0.1, 0.15) is 19.4 Å². The van der Waals surface area contributed by atoms with E-state index in [9.17, 15) is 19.7 Å². The van der Waals surface area contributed by atoms with Crippen LogP contribution < -0.4 is 4.84 Å². The van der Waals surface area contributed by atoms with Crippen molar-refractivity contribution in [2.75, 3.05) is 13.2 Å². The Morgan fingerprint density at radius 3 is 2.29 bits per heavy atom. The molecule has 116 valence electrons. The largest absolute Gasteiger partial charge is 0.471 e. The maximum Gasteiger partial charge on any atom is 0.471 e. The van der Waals surface area contributed by atoms with Gasteiger partial charge >= 0.3 is 17.9 Å². The number of esters is 2. The lowest BCUT2D eigenvalue weighted by Crippen LogP contribution is -2.35. The summed E-state index contributed by atoms with van der Waals surface area (Å²) in [5.41, 5.74) is 0.375. The van der Waals surface area contributed by atoms with Crippen molar-refractivity contribution < 1.29 is 28.8 Å². The molecular formula is C11H15N3O7. The molecule has 0 unspecified atom stereocenters. The summed E-state index contributed by atoms with van der Waals surface area (Å²) in [5, 5.41) is 10.8. The van der Waals surface area contributed by atoms with Gasteiger partial charge in [0.05, 0.1) is 0 Å². The lowest BCUT2D eigenvalue weighted by molar-refractivity contribution is -0.402. The quantitative estimate of drug-likeness (QED) is 0.392. The summed E-state index contributed by atoms with van der Waals surface area (Å²) in [6.07, 6.45) is 0.400. The number of rotatable bonds is 7. The van der Waals surface area contributed by atoms with Crippen molar-refractivity contribution in [2.45, 2.75) is 26.9 Å². The molecule has 0 fully saturated rings. The molecule has 0 radical (unpaired) electrons. The average Bonchev–Trinajstić information content (AvgIpc) is 2.73. The van der Waals surface area contributed by atoms with Crippen LogP contribution in [0.3, 0.4) is 0 Å². The van der Waals surface area contributed by atoms with E-state index >= 15 is 0 Å². The molecule has 10 nitrogen and oxygen atoms in total. The fourth-order valence-corrected chi connectivity index (χ4v) is 1.35. The lowest BCUT2D eigenvalue weighted by atomic mass is 10.4. The molecule has 0 spiro atoms. The number of nitro groups is 1. The van der Waals surface area contributed by atoms with Crippen LogP contribution in [-0.4, -0.2) is 45.9 Å². The number of ether oxygens (including phenoxy) is 2. The SMILES string of the molecule is CC(=O)OCC(COC(C)=O)On1cc(C)nc1[N+](=O)[O-]. The fourth-order valence-electron chi connectivity index (χ4n) is 1.35. The molecule has 0 bridgehead atoms. The first-order chi connectivity index (χ1) is 9.79. The lowest BCUT2D eigenvalue weighted by Gasteiger charge is -2.15. The highest BCUT2D eigenvalue weighted by Gasteiger charge is 2.24. The minimum Gasteiger partial charge on any atom is -0.462 e. The molecule has 0 aliphatic rings. The Kier molecular flexibility index (Phi) is 5.64. The molecular weight excluding hydrogens is 286 g/mol. The van der Waals surface area contributed by atoms with Crippen molar-refractivity contribution in [2.24, 2.45) is 0 Å². The molecule has 0 amide bonds. The summed E-state index contributed by atoms with van der Waals surface area (Å²) in [4.78, 5) is 40.7. The van der Waals surface area contributed by atoms with Crippen molar-refractivity contribution in [3.05, 3.63) is 22.0 Å². The smallest absolute Gasteiger partial charge is 0.462 e. The summed E-state index contributed by atoms with van der Waals surface area (Å²) >= 11 is 0. The van der Waals surface area contributed by atoms with Gasteiger partial charge in [-0.1, -0.05) is 9.71 Å². The van der Waals surface area contributed by atoms with E-state index in [0.717, 1.165) is 4.73 Å². The second-order valence-electron chi connectivity index (χ2n) is 4.10. The molecule has 1 rings (SSSR count). The first-order valence-electron chi connectivity index (χ1n) is 5.94. The van der Waals surface area contributed by atoms with E-state index in [0.29, 0.717) is 5.69 Å². The van der Waals surface area contributed by atoms with Crippen LogP contribution in [0.15, 0.2) is 6.20 Å². The van der Waals surface area contributed by atoms with Crippen LogP contribution in [0.2, 0.25) is 0 Å². The average molecular weight is 301 g/mol. The van der Waals surface area contributed by atoms with E-state index in [1.165, 1.54) is 20.0 Å². The van der Waals surface area contributed by atoms with Crippen molar-refractivity contribution in [1.82, 2.24) is 9.71 Å². The van der Waals surface area contributed by atoms with Gasteiger partial charge in [0.2, 0.25) is 6.10 Å². The second-order valence-corrected chi connectivity index (χ2v) is 4.10.